The Kier molecular flexibility index (Phi) is 6.63. The van der Waals surface area contributed by atoms with Gasteiger partial charge < -0.3 is 10.1 Å². The Morgan fingerprint density at radius 3 is 2.20 bits per heavy atom. The van der Waals surface area contributed by atoms with Gasteiger partial charge >= 0.3 is 0 Å². The summed E-state index contributed by atoms with van der Waals surface area (Å²) >= 11 is 0. The van der Waals surface area contributed by atoms with Gasteiger partial charge in [0.05, 0.1) is 6.04 Å². The van der Waals surface area contributed by atoms with Crippen molar-refractivity contribution in [2.45, 2.75) is 59.6 Å². The quantitative estimate of drug-likeness (QED) is 0.768. The number of hydrogen-bond acceptors (Lipinski definition) is 2. The van der Waals surface area contributed by atoms with Crippen LogP contribution < -0.4 is 10.1 Å². The Hall–Kier alpha value is -2.29. The van der Waals surface area contributed by atoms with Crippen LogP contribution in [0.1, 0.15) is 55.0 Å². The van der Waals surface area contributed by atoms with Crippen LogP contribution in [0.3, 0.4) is 0 Å². The van der Waals surface area contributed by atoms with E-state index in [1.807, 2.05) is 39.0 Å². The van der Waals surface area contributed by atoms with E-state index in [4.69, 9.17) is 4.74 Å². The zero-order chi connectivity index (χ0) is 18.4. The van der Waals surface area contributed by atoms with Crippen molar-refractivity contribution in [3.05, 3.63) is 64.7 Å². The van der Waals surface area contributed by atoms with E-state index in [1.165, 1.54) is 5.56 Å². The van der Waals surface area contributed by atoms with E-state index in [0.29, 0.717) is 6.42 Å². The number of carbonyl (C=O) groups excluding carboxylic acids is 1. The molecule has 0 aliphatic carbocycles. The van der Waals surface area contributed by atoms with Gasteiger partial charge in [0.1, 0.15) is 5.75 Å². The number of nitrogens with one attached hydrogen (secondary N) is 1. The van der Waals surface area contributed by atoms with E-state index in [-0.39, 0.29) is 11.9 Å². The summed E-state index contributed by atoms with van der Waals surface area (Å²) in [4.78, 5) is 12.7. The van der Waals surface area contributed by atoms with E-state index in [9.17, 15) is 4.79 Å². The largest absolute Gasteiger partial charge is 0.480 e. The lowest BCUT2D eigenvalue weighted by Crippen LogP contribution is -2.40. The number of aryl methyl sites for hydroxylation is 3. The van der Waals surface area contributed by atoms with Gasteiger partial charge in [-0.1, -0.05) is 55.8 Å². The van der Waals surface area contributed by atoms with Crippen LogP contribution in [0.25, 0.3) is 0 Å². The van der Waals surface area contributed by atoms with Crippen molar-refractivity contribution in [2.75, 3.05) is 0 Å². The van der Waals surface area contributed by atoms with Crippen LogP contribution >= 0.6 is 0 Å². The molecule has 0 heterocycles. The summed E-state index contributed by atoms with van der Waals surface area (Å²) in [5.74, 6) is 0.723. The van der Waals surface area contributed by atoms with Gasteiger partial charge in [-0.05, 0) is 56.4 Å². The maximum atomic E-state index is 12.7. The predicted molar refractivity (Wildman–Crippen MR) is 103 cm³/mol. The zero-order valence-corrected chi connectivity index (χ0v) is 15.9. The van der Waals surface area contributed by atoms with Gasteiger partial charge in [-0.3, -0.25) is 4.79 Å². The molecule has 0 spiro atoms. The summed E-state index contributed by atoms with van der Waals surface area (Å²) in [6.07, 6.45) is 0.984. The van der Waals surface area contributed by atoms with Gasteiger partial charge in [-0.15, -0.1) is 0 Å². The smallest absolute Gasteiger partial charge is 0.261 e. The standard InChI is InChI=1S/C22H29NO2/c1-6-19(18-12-9-15(3)10-13-18)23-22(24)20(7-2)25-21-14-16(4)8-11-17(21)5/h8-14,19-20H,6-7H2,1-5H3,(H,23,24). The van der Waals surface area contributed by atoms with E-state index >= 15 is 0 Å². The molecule has 1 N–H and O–H groups in total. The van der Waals surface area contributed by atoms with Crippen LogP contribution in [0.2, 0.25) is 0 Å². The molecule has 0 aliphatic heterocycles. The third-order valence-corrected chi connectivity index (χ3v) is 4.48. The van der Waals surface area contributed by atoms with Crippen molar-refractivity contribution < 1.29 is 9.53 Å². The van der Waals surface area contributed by atoms with E-state index < -0.39 is 6.10 Å². The third kappa shape index (κ3) is 5.09. The second-order valence-electron chi connectivity index (χ2n) is 6.66. The molecule has 2 atom stereocenters. The molecule has 134 valence electrons. The Morgan fingerprint density at radius 2 is 1.60 bits per heavy atom. The van der Waals surface area contributed by atoms with Crippen molar-refractivity contribution in [1.82, 2.24) is 5.32 Å². The number of amides is 1. The topological polar surface area (TPSA) is 38.3 Å². The molecule has 0 aromatic heterocycles. The maximum Gasteiger partial charge on any atom is 0.261 e. The Bertz CT molecular complexity index is 706. The van der Waals surface area contributed by atoms with Crippen molar-refractivity contribution >= 4 is 5.91 Å². The minimum absolute atomic E-state index is 0.00403. The molecule has 2 unspecified atom stereocenters. The molecule has 3 heteroatoms. The van der Waals surface area contributed by atoms with Crippen LogP contribution in [0.5, 0.6) is 5.75 Å². The molecule has 1 amide bonds. The highest BCUT2D eigenvalue weighted by Crippen LogP contribution is 2.22. The molecule has 3 nitrogen and oxygen atoms in total. The van der Waals surface area contributed by atoms with Crippen LogP contribution in [-0.4, -0.2) is 12.0 Å². The molecular formula is C22H29NO2. The molecule has 2 aromatic rings. The van der Waals surface area contributed by atoms with Gasteiger partial charge in [0, 0.05) is 0 Å². The summed E-state index contributed by atoms with van der Waals surface area (Å²) in [6, 6.07) is 14.4. The van der Waals surface area contributed by atoms with Gasteiger partial charge in [0.15, 0.2) is 6.10 Å². The average molecular weight is 339 g/mol. The third-order valence-electron chi connectivity index (χ3n) is 4.48. The lowest BCUT2D eigenvalue weighted by atomic mass is 10.0. The summed E-state index contributed by atoms with van der Waals surface area (Å²) in [7, 11) is 0. The molecule has 0 bridgehead atoms. The molecule has 0 radical (unpaired) electrons. The lowest BCUT2D eigenvalue weighted by Gasteiger charge is -2.23. The highest BCUT2D eigenvalue weighted by molar-refractivity contribution is 5.81. The van der Waals surface area contributed by atoms with Crippen molar-refractivity contribution in [1.29, 1.82) is 0 Å². The van der Waals surface area contributed by atoms with Crippen LogP contribution in [-0.2, 0) is 4.79 Å². The summed E-state index contributed by atoms with van der Waals surface area (Å²) in [6.45, 7) is 10.1. The molecule has 2 rings (SSSR count). The van der Waals surface area contributed by atoms with Crippen molar-refractivity contribution in [3.63, 3.8) is 0 Å². The number of rotatable bonds is 7. The molecular weight excluding hydrogens is 310 g/mol. The molecule has 0 saturated heterocycles. The summed E-state index contributed by atoms with van der Waals surface area (Å²) < 4.78 is 6.03. The first-order chi connectivity index (χ1) is 11.9. The summed E-state index contributed by atoms with van der Waals surface area (Å²) in [5, 5.41) is 3.14. The first-order valence-electron chi connectivity index (χ1n) is 9.05. The Balaban J connectivity index is 2.10. The molecule has 0 saturated carbocycles. The van der Waals surface area contributed by atoms with Gasteiger partial charge in [0.2, 0.25) is 0 Å². The van der Waals surface area contributed by atoms with E-state index in [2.05, 4.69) is 43.4 Å². The summed E-state index contributed by atoms with van der Waals surface area (Å²) in [5.41, 5.74) is 4.52. The van der Waals surface area contributed by atoms with Gasteiger partial charge in [0.25, 0.3) is 5.91 Å². The molecule has 25 heavy (non-hydrogen) atoms. The molecule has 0 fully saturated rings. The Morgan fingerprint density at radius 1 is 0.960 bits per heavy atom. The molecule has 0 aliphatic rings. The van der Waals surface area contributed by atoms with Crippen molar-refractivity contribution in [3.8, 4) is 5.75 Å². The first-order valence-corrected chi connectivity index (χ1v) is 9.05. The fraction of sp³-hybridized carbons (Fsp3) is 0.409. The minimum Gasteiger partial charge on any atom is -0.480 e. The zero-order valence-electron chi connectivity index (χ0n) is 15.9. The average Bonchev–Trinajstić information content (AvgIpc) is 2.61. The fourth-order valence-corrected chi connectivity index (χ4v) is 2.79. The first kappa shape index (κ1) is 19.0. The van der Waals surface area contributed by atoms with Gasteiger partial charge in [-0.25, -0.2) is 0 Å². The highest BCUT2D eigenvalue weighted by Gasteiger charge is 2.22. The number of hydrogen-bond donors (Lipinski definition) is 1. The minimum atomic E-state index is -0.486. The fourth-order valence-electron chi connectivity index (χ4n) is 2.79. The maximum absolute atomic E-state index is 12.7. The number of carbonyl (C=O) groups is 1. The number of ether oxygens (including phenoxy) is 1. The van der Waals surface area contributed by atoms with E-state index in [0.717, 1.165) is 28.9 Å². The second kappa shape index (κ2) is 8.70. The van der Waals surface area contributed by atoms with Crippen molar-refractivity contribution in [2.24, 2.45) is 0 Å². The van der Waals surface area contributed by atoms with Gasteiger partial charge in [-0.2, -0.15) is 0 Å². The number of benzene rings is 2. The lowest BCUT2D eigenvalue weighted by molar-refractivity contribution is -0.129. The molecule has 2 aromatic carbocycles. The van der Waals surface area contributed by atoms with Crippen LogP contribution in [0.15, 0.2) is 42.5 Å². The van der Waals surface area contributed by atoms with E-state index in [1.54, 1.807) is 0 Å². The highest BCUT2D eigenvalue weighted by atomic mass is 16.5. The second-order valence-corrected chi connectivity index (χ2v) is 6.66. The SMILES string of the molecule is CCC(Oc1cc(C)ccc1C)C(=O)NC(CC)c1ccc(C)cc1. The van der Waals surface area contributed by atoms with Crippen LogP contribution in [0.4, 0.5) is 0 Å². The monoisotopic (exact) mass is 339 g/mol. The Labute approximate surface area is 151 Å². The van der Waals surface area contributed by atoms with Crippen LogP contribution in [0, 0.1) is 20.8 Å². The normalized spacial score (nSPS) is 13.2. The predicted octanol–water partition coefficient (Wildman–Crippen LogP) is 5.04.